The van der Waals surface area contributed by atoms with Gasteiger partial charge in [0.15, 0.2) is 11.1 Å². The number of ether oxygens (including phenoxy) is 1. The Morgan fingerprint density at radius 3 is 2.83 bits per heavy atom. The Morgan fingerprint density at radius 1 is 1.67 bits per heavy atom. The molecule has 0 aliphatic carbocycles. The monoisotopic (exact) mass is 195 g/mol. The first-order valence-electron chi connectivity index (χ1n) is 3.96. The van der Waals surface area contributed by atoms with E-state index in [9.17, 15) is 4.21 Å². The van der Waals surface area contributed by atoms with E-state index in [4.69, 9.17) is 9.29 Å². The van der Waals surface area contributed by atoms with Crippen LogP contribution in [-0.4, -0.2) is 40.8 Å². The first-order valence-corrected chi connectivity index (χ1v) is 5.24. The summed E-state index contributed by atoms with van der Waals surface area (Å²) < 4.78 is 23.6. The Hall–Kier alpha value is 0.0300. The van der Waals surface area contributed by atoms with Crippen molar-refractivity contribution in [2.45, 2.75) is 19.4 Å². The molecular weight excluding hydrogens is 178 g/mol. The fraction of sp³-hybridized carbons (Fsp3) is 1.00. The Morgan fingerprint density at radius 2 is 2.33 bits per heavy atom. The topological polar surface area (TPSA) is 58.6 Å². The van der Waals surface area contributed by atoms with Crippen LogP contribution in [0.4, 0.5) is 0 Å². The van der Waals surface area contributed by atoms with Gasteiger partial charge in [0.2, 0.25) is 0 Å². The largest absolute Gasteiger partial charge is 0.383 e. The van der Waals surface area contributed by atoms with E-state index in [0.29, 0.717) is 18.4 Å². The van der Waals surface area contributed by atoms with Gasteiger partial charge in [0.05, 0.1) is 12.4 Å². The summed E-state index contributed by atoms with van der Waals surface area (Å²) in [5.41, 5.74) is 0. The van der Waals surface area contributed by atoms with E-state index in [1.54, 1.807) is 7.11 Å². The normalized spacial score (nSPS) is 15.9. The molecule has 12 heavy (non-hydrogen) atoms. The highest BCUT2D eigenvalue weighted by Crippen LogP contribution is 1.85. The second kappa shape index (κ2) is 7.67. The van der Waals surface area contributed by atoms with Gasteiger partial charge in [0.1, 0.15) is 0 Å². The van der Waals surface area contributed by atoms with Crippen LogP contribution in [0.2, 0.25) is 0 Å². The number of methoxy groups -OCH3 is 1. The van der Waals surface area contributed by atoms with Gasteiger partial charge in [0, 0.05) is 13.2 Å². The van der Waals surface area contributed by atoms with Gasteiger partial charge in [-0.25, -0.2) is 4.21 Å². The smallest absolute Gasteiger partial charge is 0.152 e. The molecule has 0 aliphatic rings. The molecule has 0 radical (unpaired) electrons. The third-order valence-corrected chi connectivity index (χ3v) is 2.04. The number of nitrogens with one attached hydrogen (secondary N) is 1. The van der Waals surface area contributed by atoms with Crippen molar-refractivity contribution >= 4 is 11.1 Å². The van der Waals surface area contributed by atoms with Gasteiger partial charge in [0.25, 0.3) is 0 Å². The fourth-order valence-electron chi connectivity index (χ4n) is 0.853. The van der Waals surface area contributed by atoms with Crippen molar-refractivity contribution in [3.63, 3.8) is 0 Å². The van der Waals surface area contributed by atoms with Crippen molar-refractivity contribution in [3.05, 3.63) is 0 Å². The first kappa shape index (κ1) is 12.0. The van der Waals surface area contributed by atoms with Gasteiger partial charge in [-0.3, -0.25) is 0 Å². The third-order valence-electron chi connectivity index (χ3n) is 1.41. The Balaban J connectivity index is 3.13. The summed E-state index contributed by atoms with van der Waals surface area (Å²) in [5, 5.41) is 3.17. The Labute approximate surface area is 76.0 Å². The molecule has 0 saturated carbocycles. The maximum Gasteiger partial charge on any atom is 0.152 e. The highest BCUT2D eigenvalue weighted by Gasteiger charge is 1.99. The molecule has 0 rings (SSSR count). The lowest BCUT2D eigenvalue weighted by molar-refractivity contribution is 0.172. The fourth-order valence-corrected chi connectivity index (χ4v) is 1.24. The molecule has 0 aromatic heterocycles. The van der Waals surface area contributed by atoms with E-state index in [2.05, 4.69) is 5.32 Å². The van der Waals surface area contributed by atoms with Crippen LogP contribution < -0.4 is 5.32 Å². The molecule has 0 aromatic carbocycles. The van der Waals surface area contributed by atoms with E-state index >= 15 is 0 Å². The molecule has 2 unspecified atom stereocenters. The summed E-state index contributed by atoms with van der Waals surface area (Å²) in [4.78, 5) is 0. The van der Waals surface area contributed by atoms with Gasteiger partial charge >= 0.3 is 0 Å². The van der Waals surface area contributed by atoms with E-state index in [1.165, 1.54) is 0 Å². The van der Waals surface area contributed by atoms with Crippen molar-refractivity contribution in [3.8, 4) is 0 Å². The average molecular weight is 195 g/mol. The lowest BCUT2D eigenvalue weighted by atomic mass is 10.3. The van der Waals surface area contributed by atoms with Crippen LogP contribution >= 0.6 is 0 Å². The molecule has 2 N–H and O–H groups in total. The molecular formula is C7H17NO3S. The van der Waals surface area contributed by atoms with Crippen LogP contribution in [0.15, 0.2) is 0 Å². The number of hydrogen-bond acceptors (Lipinski definition) is 3. The molecule has 4 nitrogen and oxygen atoms in total. The molecule has 0 aliphatic heterocycles. The summed E-state index contributed by atoms with van der Waals surface area (Å²) in [7, 11) is 1.65. The first-order chi connectivity index (χ1) is 5.66. The van der Waals surface area contributed by atoms with Crippen molar-refractivity contribution in [1.82, 2.24) is 5.32 Å². The van der Waals surface area contributed by atoms with Gasteiger partial charge in [-0.05, 0) is 19.9 Å². The highest BCUT2D eigenvalue weighted by molar-refractivity contribution is 7.79. The Kier molecular flexibility index (Phi) is 7.69. The van der Waals surface area contributed by atoms with E-state index in [0.717, 1.165) is 13.0 Å². The van der Waals surface area contributed by atoms with E-state index < -0.39 is 11.1 Å². The van der Waals surface area contributed by atoms with E-state index in [-0.39, 0.29) is 0 Å². The van der Waals surface area contributed by atoms with Gasteiger partial charge < -0.3 is 14.6 Å². The van der Waals surface area contributed by atoms with Crippen LogP contribution in [-0.2, 0) is 15.8 Å². The predicted octanol–water partition coefficient (Wildman–Crippen LogP) is 0.223. The van der Waals surface area contributed by atoms with Crippen molar-refractivity contribution in [2.75, 3.05) is 26.0 Å². The zero-order chi connectivity index (χ0) is 9.40. The number of rotatable bonds is 7. The third kappa shape index (κ3) is 8.13. The zero-order valence-corrected chi connectivity index (χ0v) is 8.39. The maximum absolute atomic E-state index is 10.2. The van der Waals surface area contributed by atoms with E-state index in [1.807, 2.05) is 6.92 Å². The summed E-state index contributed by atoms with van der Waals surface area (Å²) in [6, 6.07) is 0.308. The SMILES string of the molecule is COCC(C)NCCCS(=O)O. The van der Waals surface area contributed by atoms with Crippen molar-refractivity contribution in [1.29, 1.82) is 0 Å². The van der Waals surface area contributed by atoms with Crippen molar-refractivity contribution in [2.24, 2.45) is 0 Å². The molecule has 0 bridgehead atoms. The van der Waals surface area contributed by atoms with Crippen molar-refractivity contribution < 1.29 is 13.5 Å². The number of hydrogen-bond donors (Lipinski definition) is 2. The lowest BCUT2D eigenvalue weighted by Crippen LogP contribution is -2.31. The van der Waals surface area contributed by atoms with Crippen LogP contribution in [0.1, 0.15) is 13.3 Å². The summed E-state index contributed by atoms with van der Waals surface area (Å²) >= 11 is -1.66. The molecule has 0 heterocycles. The molecule has 0 amide bonds. The maximum atomic E-state index is 10.2. The minimum absolute atomic E-state index is 0.308. The highest BCUT2D eigenvalue weighted by atomic mass is 32.2. The summed E-state index contributed by atoms with van der Waals surface area (Å²) in [5.74, 6) is 0.340. The predicted molar refractivity (Wildman–Crippen MR) is 49.6 cm³/mol. The second-order valence-electron chi connectivity index (χ2n) is 2.69. The molecule has 0 saturated heterocycles. The zero-order valence-electron chi connectivity index (χ0n) is 7.58. The van der Waals surface area contributed by atoms with Gasteiger partial charge in [-0.2, -0.15) is 0 Å². The minimum Gasteiger partial charge on any atom is -0.383 e. The minimum atomic E-state index is -1.66. The average Bonchev–Trinajstić information content (AvgIpc) is 1.98. The molecule has 0 spiro atoms. The molecule has 0 aromatic rings. The standard InChI is InChI=1S/C7H17NO3S/c1-7(6-11-2)8-4-3-5-12(9)10/h7-8H,3-6H2,1-2H3,(H,9,10). The molecule has 0 fully saturated rings. The summed E-state index contributed by atoms with van der Waals surface area (Å²) in [6.07, 6.45) is 0.719. The summed E-state index contributed by atoms with van der Waals surface area (Å²) in [6.45, 7) is 3.44. The Bertz CT molecular complexity index is 132. The quantitative estimate of drug-likeness (QED) is 0.451. The molecule has 2 atom stereocenters. The second-order valence-corrected chi connectivity index (χ2v) is 3.74. The van der Waals surface area contributed by atoms with Crippen LogP contribution in [0, 0.1) is 0 Å². The van der Waals surface area contributed by atoms with Crippen LogP contribution in [0.3, 0.4) is 0 Å². The lowest BCUT2D eigenvalue weighted by Gasteiger charge is -2.11. The van der Waals surface area contributed by atoms with Gasteiger partial charge in [-0.15, -0.1) is 0 Å². The molecule has 5 heteroatoms. The molecule has 74 valence electrons. The van der Waals surface area contributed by atoms with Gasteiger partial charge in [-0.1, -0.05) is 0 Å². The van der Waals surface area contributed by atoms with Crippen LogP contribution in [0.25, 0.3) is 0 Å². The van der Waals surface area contributed by atoms with Crippen LogP contribution in [0.5, 0.6) is 0 Å².